The quantitative estimate of drug-likeness (QED) is 0.0986. The number of carbonyl (C=O) groups excluding carboxylic acids is 5. The molecule has 0 saturated heterocycles. The van der Waals surface area contributed by atoms with Gasteiger partial charge < -0.3 is 21.1 Å². The van der Waals surface area contributed by atoms with Gasteiger partial charge in [0.25, 0.3) is 11.8 Å². The highest BCUT2D eigenvalue weighted by Crippen LogP contribution is 2.10. The number of carbonyl (C=O) groups is 5. The van der Waals surface area contributed by atoms with Crippen LogP contribution in [0.3, 0.4) is 0 Å². The number of hydroxylamine groups is 1. The predicted octanol–water partition coefficient (Wildman–Crippen LogP) is 0.618. The molecule has 0 radical (unpaired) electrons. The lowest BCUT2D eigenvalue weighted by molar-refractivity contribution is -0.158. The van der Waals surface area contributed by atoms with Crippen molar-refractivity contribution in [3.05, 3.63) is 71.3 Å². The molecule has 0 spiro atoms. The summed E-state index contributed by atoms with van der Waals surface area (Å²) < 4.78 is 5.23. The van der Waals surface area contributed by atoms with E-state index in [0.29, 0.717) is 5.56 Å². The molecule has 41 heavy (non-hydrogen) atoms. The van der Waals surface area contributed by atoms with E-state index in [1.807, 2.05) is 30.3 Å². The van der Waals surface area contributed by atoms with Gasteiger partial charge in [-0.3, -0.25) is 34.5 Å². The molecule has 0 aliphatic heterocycles. The molecular weight excluding hydrogens is 530 g/mol. The maximum atomic E-state index is 12.7. The molecule has 7 N–H and O–H groups in total. The molecule has 0 fully saturated rings. The second-order valence-electron chi connectivity index (χ2n) is 9.64. The number of amides is 4. The number of rotatable bonds is 11. The zero-order chi connectivity index (χ0) is 29.7. The standard InChI is InChI=1S/C28H33N5O7.CH4/c1-28(2,3)40-27(38)21(15-23(29)34)30-17-24(35)31-16-22(26(37)33-39)32-25(36)20-13-11-19(12-14-20)10-9-18-7-5-4-6-8-18;/h4-8,11-14,21-22,30,39H,15-17H2,1-3H3,(H2,29,34)(H,31,35)(H,32,36)(H,33,37);1H4/t21?,22-;/m0./s1. The molecule has 0 aromatic heterocycles. The first-order chi connectivity index (χ1) is 18.9. The highest BCUT2D eigenvalue weighted by atomic mass is 16.6. The van der Waals surface area contributed by atoms with E-state index in [4.69, 9.17) is 15.7 Å². The van der Waals surface area contributed by atoms with Crippen molar-refractivity contribution in [1.82, 2.24) is 21.4 Å². The minimum atomic E-state index is -1.33. The molecule has 0 heterocycles. The summed E-state index contributed by atoms with van der Waals surface area (Å²) in [6.45, 7) is 4.13. The van der Waals surface area contributed by atoms with Gasteiger partial charge in [0.2, 0.25) is 11.8 Å². The van der Waals surface area contributed by atoms with Crippen LogP contribution in [0.25, 0.3) is 0 Å². The number of ether oxygens (including phenoxy) is 1. The first-order valence-corrected chi connectivity index (χ1v) is 12.3. The fourth-order valence-corrected chi connectivity index (χ4v) is 3.21. The minimum Gasteiger partial charge on any atom is -0.459 e. The Kier molecular flexibility index (Phi) is 13.7. The van der Waals surface area contributed by atoms with Gasteiger partial charge in [-0.05, 0) is 57.2 Å². The van der Waals surface area contributed by atoms with Crippen molar-refractivity contribution in [2.24, 2.45) is 5.73 Å². The van der Waals surface area contributed by atoms with Crippen LogP contribution in [0.15, 0.2) is 54.6 Å². The number of hydrogen-bond donors (Lipinski definition) is 6. The number of primary amides is 1. The van der Waals surface area contributed by atoms with Crippen LogP contribution in [0.4, 0.5) is 0 Å². The number of esters is 1. The summed E-state index contributed by atoms with van der Waals surface area (Å²) in [6.07, 6.45) is -0.398. The normalized spacial score (nSPS) is 11.8. The first kappa shape index (κ1) is 34.3. The van der Waals surface area contributed by atoms with Crippen molar-refractivity contribution in [1.29, 1.82) is 0 Å². The molecule has 12 nitrogen and oxygen atoms in total. The monoisotopic (exact) mass is 567 g/mol. The molecule has 2 atom stereocenters. The second kappa shape index (κ2) is 16.4. The van der Waals surface area contributed by atoms with Crippen LogP contribution in [0, 0.1) is 11.8 Å². The molecule has 0 aliphatic rings. The summed E-state index contributed by atoms with van der Waals surface area (Å²) >= 11 is 0. The summed E-state index contributed by atoms with van der Waals surface area (Å²) in [5, 5.41) is 16.5. The summed E-state index contributed by atoms with van der Waals surface area (Å²) in [5.41, 5.74) is 7.54. The van der Waals surface area contributed by atoms with Crippen LogP contribution < -0.4 is 27.2 Å². The number of nitrogens with one attached hydrogen (secondary N) is 4. The molecule has 2 aromatic rings. The van der Waals surface area contributed by atoms with Crippen LogP contribution in [-0.4, -0.2) is 65.6 Å². The zero-order valence-corrected chi connectivity index (χ0v) is 22.4. The maximum absolute atomic E-state index is 12.7. The Hall–Kier alpha value is -4.73. The molecule has 0 saturated carbocycles. The molecule has 0 aliphatic carbocycles. The summed E-state index contributed by atoms with van der Waals surface area (Å²) in [7, 11) is 0. The Bertz CT molecular complexity index is 1260. The summed E-state index contributed by atoms with van der Waals surface area (Å²) in [4.78, 5) is 60.8. The second-order valence-corrected chi connectivity index (χ2v) is 9.64. The molecule has 0 bridgehead atoms. The fourth-order valence-electron chi connectivity index (χ4n) is 3.21. The van der Waals surface area contributed by atoms with Gasteiger partial charge in [0.1, 0.15) is 17.7 Å². The zero-order valence-electron chi connectivity index (χ0n) is 22.4. The van der Waals surface area contributed by atoms with Gasteiger partial charge in [-0.15, -0.1) is 0 Å². The summed E-state index contributed by atoms with van der Waals surface area (Å²) in [6, 6.07) is 13.2. The van der Waals surface area contributed by atoms with Gasteiger partial charge in [-0.1, -0.05) is 37.5 Å². The predicted molar refractivity (Wildman–Crippen MR) is 151 cm³/mol. The van der Waals surface area contributed by atoms with E-state index < -0.39 is 60.2 Å². The minimum absolute atomic E-state index is 0. The molecule has 4 amide bonds. The van der Waals surface area contributed by atoms with E-state index in [1.54, 1.807) is 32.9 Å². The Morgan fingerprint density at radius 3 is 2.05 bits per heavy atom. The topological polar surface area (TPSA) is 189 Å². The van der Waals surface area contributed by atoms with Crippen LogP contribution in [0.1, 0.15) is 56.1 Å². The molecule has 2 aromatic carbocycles. The third-order valence-electron chi connectivity index (χ3n) is 5.11. The summed E-state index contributed by atoms with van der Waals surface area (Å²) in [5.74, 6) is 2.20. The van der Waals surface area contributed by atoms with Crippen LogP contribution in [0.5, 0.6) is 0 Å². The Morgan fingerprint density at radius 2 is 1.51 bits per heavy atom. The van der Waals surface area contributed by atoms with Crippen molar-refractivity contribution < 1.29 is 33.9 Å². The van der Waals surface area contributed by atoms with E-state index in [0.717, 1.165) is 5.56 Å². The number of hydrogen-bond acceptors (Lipinski definition) is 8. The van der Waals surface area contributed by atoms with Gasteiger partial charge in [0, 0.05) is 23.2 Å². The van der Waals surface area contributed by atoms with E-state index in [1.165, 1.54) is 17.6 Å². The number of benzene rings is 2. The average molecular weight is 568 g/mol. The molecule has 1 unspecified atom stereocenters. The molecule has 2 rings (SSSR count). The van der Waals surface area contributed by atoms with Crippen molar-refractivity contribution in [3.63, 3.8) is 0 Å². The SMILES string of the molecule is C.CC(C)(C)OC(=O)C(CC(N)=O)NCC(=O)NC[C@H](NC(=O)c1ccc(C#Cc2ccccc2)cc1)C(=O)NO. The van der Waals surface area contributed by atoms with E-state index in [2.05, 4.69) is 27.8 Å². The van der Waals surface area contributed by atoms with Crippen molar-refractivity contribution in [3.8, 4) is 11.8 Å². The van der Waals surface area contributed by atoms with Crippen LogP contribution in [0.2, 0.25) is 0 Å². The highest BCUT2D eigenvalue weighted by Gasteiger charge is 2.27. The molecule has 12 heteroatoms. The van der Waals surface area contributed by atoms with Crippen LogP contribution in [-0.2, 0) is 23.9 Å². The molecular formula is C29H37N5O7. The highest BCUT2D eigenvalue weighted by molar-refractivity contribution is 5.97. The maximum Gasteiger partial charge on any atom is 0.324 e. The number of nitrogens with two attached hydrogens (primary N) is 1. The van der Waals surface area contributed by atoms with Crippen molar-refractivity contribution in [2.75, 3.05) is 13.1 Å². The Morgan fingerprint density at radius 1 is 0.927 bits per heavy atom. The van der Waals surface area contributed by atoms with Gasteiger partial charge in [0.15, 0.2) is 0 Å². The first-order valence-electron chi connectivity index (χ1n) is 12.3. The van der Waals surface area contributed by atoms with Crippen molar-refractivity contribution in [2.45, 2.75) is 52.3 Å². The van der Waals surface area contributed by atoms with Gasteiger partial charge >= 0.3 is 5.97 Å². The van der Waals surface area contributed by atoms with Gasteiger partial charge in [-0.2, -0.15) is 0 Å². The van der Waals surface area contributed by atoms with Gasteiger partial charge in [0.05, 0.1) is 13.0 Å². The largest absolute Gasteiger partial charge is 0.459 e. The molecule has 220 valence electrons. The Labute approximate surface area is 239 Å². The van der Waals surface area contributed by atoms with Crippen molar-refractivity contribution >= 4 is 29.6 Å². The van der Waals surface area contributed by atoms with E-state index in [-0.39, 0.29) is 19.5 Å². The smallest absolute Gasteiger partial charge is 0.324 e. The van der Waals surface area contributed by atoms with Gasteiger partial charge in [-0.25, -0.2) is 5.48 Å². The van der Waals surface area contributed by atoms with E-state index in [9.17, 15) is 24.0 Å². The average Bonchev–Trinajstić information content (AvgIpc) is 2.91. The lowest BCUT2D eigenvalue weighted by Crippen LogP contribution is -2.53. The lowest BCUT2D eigenvalue weighted by Gasteiger charge is -2.24. The van der Waals surface area contributed by atoms with E-state index >= 15 is 0 Å². The fraction of sp³-hybridized carbons (Fsp3) is 0.345. The van der Waals surface area contributed by atoms with Crippen LogP contribution >= 0.6 is 0 Å². The third kappa shape index (κ3) is 12.8. The third-order valence-corrected chi connectivity index (χ3v) is 5.11. The Balaban J connectivity index is 0.00000840. The lowest BCUT2D eigenvalue weighted by atomic mass is 10.1.